The van der Waals surface area contributed by atoms with Gasteiger partial charge in [0.15, 0.2) is 0 Å². The molecular weight excluding hydrogens is 317 g/mol. The van der Waals surface area contributed by atoms with Crippen LogP contribution in [0.5, 0.6) is 0 Å². The smallest absolute Gasteiger partial charge is 0.222 e. The number of fused-ring (bicyclic) bond motifs is 1. The molecule has 4 heterocycles. The molecular formula is C19H15FN5. The molecule has 1 radical (unpaired) electrons. The first-order valence-electron chi connectivity index (χ1n) is 7.83. The van der Waals surface area contributed by atoms with Crippen LogP contribution in [0.3, 0.4) is 0 Å². The molecule has 0 aliphatic heterocycles. The number of aromatic nitrogens is 4. The topological polar surface area (TPSA) is 66.5 Å². The van der Waals surface area contributed by atoms with Crippen molar-refractivity contribution in [2.75, 3.05) is 5.32 Å². The molecule has 0 fully saturated rings. The summed E-state index contributed by atoms with van der Waals surface area (Å²) < 4.78 is 14.7. The quantitative estimate of drug-likeness (QED) is 0.548. The molecule has 0 saturated heterocycles. The van der Waals surface area contributed by atoms with Gasteiger partial charge in [-0.25, -0.2) is 9.97 Å². The van der Waals surface area contributed by atoms with Crippen LogP contribution in [0.15, 0.2) is 42.9 Å². The molecule has 5 nitrogen and oxygen atoms in total. The van der Waals surface area contributed by atoms with Crippen molar-refractivity contribution in [1.82, 2.24) is 19.9 Å². The van der Waals surface area contributed by atoms with Gasteiger partial charge in [-0.3, -0.25) is 4.98 Å². The first-order chi connectivity index (χ1) is 12.1. The lowest BCUT2D eigenvalue weighted by molar-refractivity contribution is 0.589. The zero-order valence-corrected chi connectivity index (χ0v) is 13.8. The molecule has 0 amide bonds. The number of pyridine rings is 3. The highest BCUT2D eigenvalue weighted by atomic mass is 19.1. The maximum absolute atomic E-state index is 14.7. The molecule has 0 spiro atoms. The van der Waals surface area contributed by atoms with Crippen LogP contribution < -0.4 is 5.32 Å². The Bertz CT molecular complexity index is 1050. The molecule has 4 aromatic heterocycles. The fraction of sp³-hybridized carbons (Fsp3) is 0.105. The number of hydrogen-bond acceptors (Lipinski definition) is 4. The maximum Gasteiger partial charge on any atom is 0.222 e. The minimum atomic E-state index is -0.546. The number of rotatable bonds is 3. The summed E-state index contributed by atoms with van der Waals surface area (Å²) in [7, 11) is 0. The Morgan fingerprint density at radius 3 is 2.72 bits per heavy atom. The molecule has 2 N–H and O–H groups in total. The van der Waals surface area contributed by atoms with Crippen molar-refractivity contribution in [2.45, 2.75) is 13.8 Å². The van der Waals surface area contributed by atoms with E-state index < -0.39 is 5.95 Å². The number of nitrogens with zero attached hydrogens (tertiary/aromatic N) is 3. The summed E-state index contributed by atoms with van der Waals surface area (Å²) in [5, 5.41) is 3.81. The third-order valence-corrected chi connectivity index (χ3v) is 4.00. The first kappa shape index (κ1) is 15.3. The van der Waals surface area contributed by atoms with Gasteiger partial charge < -0.3 is 10.3 Å². The van der Waals surface area contributed by atoms with Crippen molar-refractivity contribution in [3.05, 3.63) is 66.1 Å². The van der Waals surface area contributed by atoms with E-state index in [1.54, 1.807) is 30.7 Å². The second-order valence-corrected chi connectivity index (χ2v) is 5.82. The van der Waals surface area contributed by atoms with Gasteiger partial charge in [-0.1, -0.05) is 0 Å². The molecule has 0 atom stereocenters. The summed E-state index contributed by atoms with van der Waals surface area (Å²) in [6.45, 7) is 3.80. The van der Waals surface area contributed by atoms with E-state index in [1.807, 2.05) is 26.0 Å². The zero-order chi connectivity index (χ0) is 17.4. The van der Waals surface area contributed by atoms with Crippen molar-refractivity contribution in [1.29, 1.82) is 0 Å². The van der Waals surface area contributed by atoms with Crippen molar-refractivity contribution in [3.8, 4) is 11.1 Å². The van der Waals surface area contributed by atoms with Crippen molar-refractivity contribution in [2.24, 2.45) is 0 Å². The van der Waals surface area contributed by atoms with E-state index in [4.69, 9.17) is 0 Å². The SMILES string of the molecule is Cc1ccc(Nc2ccc(-c3c(C)cnc4[nH]c[c]c34)c(F)n2)cn1. The molecule has 6 heteroatoms. The maximum atomic E-state index is 14.7. The standard InChI is InChI=1S/C19H15FN5/c1-11-9-23-19-15(7-8-21-19)17(11)14-5-6-16(25-18(14)20)24-13-4-3-12(2)22-10-13/h3-6,8-10H,1-2H3,(H,21,23)(H,24,25). The van der Waals surface area contributed by atoms with E-state index in [1.165, 1.54) is 0 Å². The second kappa shape index (κ2) is 5.98. The minimum absolute atomic E-state index is 0.424. The summed E-state index contributed by atoms with van der Waals surface area (Å²) in [6.07, 6.45) is 5.08. The summed E-state index contributed by atoms with van der Waals surface area (Å²) in [5.74, 6) is -0.122. The van der Waals surface area contributed by atoms with Crippen molar-refractivity contribution >= 4 is 22.5 Å². The average Bonchev–Trinajstić information content (AvgIpc) is 3.07. The van der Waals surface area contributed by atoms with Crippen LogP contribution in [-0.2, 0) is 0 Å². The molecule has 0 bridgehead atoms. The van der Waals surface area contributed by atoms with Crippen LogP contribution in [-0.4, -0.2) is 19.9 Å². The number of hydrogen-bond donors (Lipinski definition) is 2. The molecule has 0 aliphatic rings. The van der Waals surface area contributed by atoms with Crippen molar-refractivity contribution < 1.29 is 4.39 Å². The van der Waals surface area contributed by atoms with E-state index in [2.05, 4.69) is 31.3 Å². The number of aromatic amines is 1. The van der Waals surface area contributed by atoms with Gasteiger partial charge >= 0.3 is 0 Å². The minimum Gasteiger partial charge on any atom is -0.345 e. The third-order valence-electron chi connectivity index (χ3n) is 4.00. The van der Waals surface area contributed by atoms with Crippen LogP contribution in [0, 0.1) is 25.9 Å². The van der Waals surface area contributed by atoms with Crippen LogP contribution in [0.25, 0.3) is 22.2 Å². The number of nitrogens with one attached hydrogen (secondary N) is 2. The molecule has 0 aliphatic carbocycles. The predicted molar refractivity (Wildman–Crippen MR) is 95.1 cm³/mol. The molecule has 4 aromatic rings. The number of aryl methyl sites for hydroxylation is 2. The number of halogens is 1. The van der Waals surface area contributed by atoms with E-state index >= 15 is 0 Å². The van der Waals surface area contributed by atoms with Crippen LogP contribution >= 0.6 is 0 Å². The summed E-state index contributed by atoms with van der Waals surface area (Å²) in [4.78, 5) is 15.5. The Morgan fingerprint density at radius 2 is 1.96 bits per heavy atom. The van der Waals surface area contributed by atoms with Gasteiger partial charge in [-0.2, -0.15) is 4.39 Å². The Labute approximate surface area is 144 Å². The largest absolute Gasteiger partial charge is 0.345 e. The Balaban J connectivity index is 1.73. The van der Waals surface area contributed by atoms with Crippen LogP contribution in [0.1, 0.15) is 11.3 Å². The van der Waals surface area contributed by atoms with E-state index in [0.717, 1.165) is 27.9 Å². The third kappa shape index (κ3) is 2.82. The first-order valence-corrected chi connectivity index (χ1v) is 7.83. The Morgan fingerprint density at radius 1 is 1.08 bits per heavy atom. The monoisotopic (exact) mass is 332 g/mol. The van der Waals surface area contributed by atoms with E-state index in [9.17, 15) is 4.39 Å². The van der Waals surface area contributed by atoms with Gasteiger partial charge in [0.25, 0.3) is 0 Å². The van der Waals surface area contributed by atoms with Gasteiger partial charge in [0.05, 0.1) is 11.9 Å². The van der Waals surface area contributed by atoms with Gasteiger partial charge in [0.1, 0.15) is 11.5 Å². The summed E-state index contributed by atoms with van der Waals surface area (Å²) in [6, 6.07) is 10.3. The highest BCUT2D eigenvalue weighted by Crippen LogP contribution is 2.32. The highest BCUT2D eigenvalue weighted by molar-refractivity contribution is 5.94. The second-order valence-electron chi connectivity index (χ2n) is 5.82. The van der Waals surface area contributed by atoms with Gasteiger partial charge in [-0.05, 0) is 43.7 Å². The lowest BCUT2D eigenvalue weighted by Gasteiger charge is -2.10. The summed E-state index contributed by atoms with van der Waals surface area (Å²) in [5.41, 5.74) is 4.39. The van der Waals surface area contributed by atoms with Gasteiger partial charge in [0, 0.05) is 40.7 Å². The molecule has 0 saturated carbocycles. The number of H-pyrrole nitrogens is 1. The Kier molecular flexibility index (Phi) is 3.65. The number of anilines is 2. The van der Waals surface area contributed by atoms with Crippen LogP contribution in [0.2, 0.25) is 0 Å². The van der Waals surface area contributed by atoms with Gasteiger partial charge in [-0.15, -0.1) is 0 Å². The van der Waals surface area contributed by atoms with Crippen LogP contribution in [0.4, 0.5) is 15.9 Å². The predicted octanol–water partition coefficient (Wildman–Crippen LogP) is 4.32. The average molecular weight is 332 g/mol. The molecule has 0 unspecified atom stereocenters. The van der Waals surface area contributed by atoms with E-state index in [-0.39, 0.29) is 0 Å². The molecule has 4 rings (SSSR count). The highest BCUT2D eigenvalue weighted by Gasteiger charge is 2.15. The molecule has 0 aromatic carbocycles. The Hall–Kier alpha value is -3.28. The van der Waals surface area contributed by atoms with Crippen molar-refractivity contribution in [3.63, 3.8) is 0 Å². The fourth-order valence-electron chi connectivity index (χ4n) is 2.76. The van der Waals surface area contributed by atoms with E-state index in [0.29, 0.717) is 17.0 Å². The lowest BCUT2D eigenvalue weighted by atomic mass is 10.0. The molecule has 25 heavy (non-hydrogen) atoms. The van der Waals surface area contributed by atoms with Gasteiger partial charge in [0.2, 0.25) is 5.95 Å². The normalized spacial score (nSPS) is 11.0. The lowest BCUT2D eigenvalue weighted by Crippen LogP contribution is -1.99. The zero-order valence-electron chi connectivity index (χ0n) is 13.8. The summed E-state index contributed by atoms with van der Waals surface area (Å²) >= 11 is 0. The molecule has 123 valence electrons. The fourth-order valence-corrected chi connectivity index (χ4v) is 2.76.